The lowest BCUT2D eigenvalue weighted by molar-refractivity contribution is 0.275. The number of fused-ring (bicyclic) bond motifs is 1. The van der Waals surface area contributed by atoms with E-state index in [2.05, 4.69) is 24.5 Å². The van der Waals surface area contributed by atoms with Gasteiger partial charge < -0.3 is 10.3 Å². The molecule has 2 rings (SSSR count). The average Bonchev–Trinajstić information content (AvgIpc) is 2.49. The SMILES string of the molecule is Cc1cc2c(n1CCS(N)(=O)=O)CC(C)(C)CC2N. The van der Waals surface area contributed by atoms with Crippen molar-refractivity contribution in [3.05, 3.63) is 23.0 Å². The third-order valence-corrected chi connectivity index (χ3v) is 4.62. The molecule has 1 aliphatic rings. The fraction of sp³-hybridized carbons (Fsp3) is 0.692. The van der Waals surface area contributed by atoms with Crippen molar-refractivity contribution in [1.29, 1.82) is 0 Å². The molecular formula is C13H23N3O2S. The molecule has 1 atom stereocenters. The average molecular weight is 285 g/mol. The van der Waals surface area contributed by atoms with Gasteiger partial charge in [0, 0.05) is 24.0 Å². The number of aromatic nitrogens is 1. The third kappa shape index (κ3) is 3.19. The lowest BCUT2D eigenvalue weighted by Gasteiger charge is -2.34. The van der Waals surface area contributed by atoms with Crippen LogP contribution in [0.2, 0.25) is 0 Å². The number of nitrogens with two attached hydrogens (primary N) is 2. The fourth-order valence-corrected chi connectivity index (χ4v) is 3.47. The summed E-state index contributed by atoms with van der Waals surface area (Å²) < 4.78 is 24.3. The van der Waals surface area contributed by atoms with E-state index in [1.165, 1.54) is 5.69 Å². The van der Waals surface area contributed by atoms with Gasteiger partial charge in [-0.25, -0.2) is 13.6 Å². The Morgan fingerprint density at radius 3 is 2.68 bits per heavy atom. The van der Waals surface area contributed by atoms with Crippen molar-refractivity contribution in [3.8, 4) is 0 Å². The molecule has 4 N–H and O–H groups in total. The Labute approximate surface area is 115 Å². The molecule has 5 nitrogen and oxygen atoms in total. The van der Waals surface area contributed by atoms with Crippen molar-refractivity contribution in [1.82, 2.24) is 4.57 Å². The summed E-state index contributed by atoms with van der Waals surface area (Å²) in [6.07, 6.45) is 1.88. The number of nitrogens with zero attached hydrogens (tertiary/aromatic N) is 1. The lowest BCUT2D eigenvalue weighted by atomic mass is 9.74. The Kier molecular flexibility index (Phi) is 3.53. The maximum absolute atomic E-state index is 11.1. The minimum Gasteiger partial charge on any atom is -0.347 e. The van der Waals surface area contributed by atoms with E-state index in [0.29, 0.717) is 6.54 Å². The molecule has 6 heteroatoms. The quantitative estimate of drug-likeness (QED) is 0.870. The maximum atomic E-state index is 11.1. The largest absolute Gasteiger partial charge is 0.347 e. The number of hydrogen-bond donors (Lipinski definition) is 2. The Bertz CT molecular complexity index is 587. The summed E-state index contributed by atoms with van der Waals surface area (Å²) in [5.41, 5.74) is 9.77. The summed E-state index contributed by atoms with van der Waals surface area (Å²) in [6.45, 7) is 6.79. The molecule has 0 aliphatic heterocycles. The van der Waals surface area contributed by atoms with Crippen LogP contribution in [0.25, 0.3) is 0 Å². The van der Waals surface area contributed by atoms with E-state index in [4.69, 9.17) is 10.9 Å². The first-order valence-corrected chi connectivity index (χ1v) is 8.25. The maximum Gasteiger partial charge on any atom is 0.210 e. The Balaban J connectivity index is 2.36. The first kappa shape index (κ1) is 14.6. The lowest BCUT2D eigenvalue weighted by Crippen LogP contribution is -2.31. The second-order valence-electron chi connectivity index (χ2n) is 6.36. The third-order valence-electron chi connectivity index (χ3n) is 3.87. The predicted octanol–water partition coefficient (Wildman–Crippen LogP) is 1.06. The number of rotatable bonds is 3. The van der Waals surface area contributed by atoms with Crippen LogP contribution in [-0.2, 0) is 23.0 Å². The molecule has 0 saturated heterocycles. The normalized spacial score (nSPS) is 22.3. The summed E-state index contributed by atoms with van der Waals surface area (Å²) in [6, 6.07) is 2.12. The van der Waals surface area contributed by atoms with E-state index < -0.39 is 10.0 Å². The van der Waals surface area contributed by atoms with Crippen LogP contribution >= 0.6 is 0 Å². The Hall–Kier alpha value is -0.850. The van der Waals surface area contributed by atoms with Crippen molar-refractivity contribution in [2.45, 2.75) is 46.2 Å². The highest BCUT2D eigenvalue weighted by atomic mass is 32.2. The van der Waals surface area contributed by atoms with Gasteiger partial charge in [-0.2, -0.15) is 0 Å². The highest BCUT2D eigenvalue weighted by Gasteiger charge is 2.33. The van der Waals surface area contributed by atoms with E-state index in [1.807, 2.05) is 6.92 Å². The van der Waals surface area contributed by atoms with Gasteiger partial charge in [0.2, 0.25) is 10.0 Å². The molecule has 1 unspecified atom stereocenters. The van der Waals surface area contributed by atoms with E-state index in [9.17, 15) is 8.42 Å². The zero-order valence-electron chi connectivity index (χ0n) is 11.8. The standard InChI is InChI=1S/C13H23N3O2S/c1-9-6-10-11(14)7-13(2,3)8-12(10)16(9)4-5-19(15,17)18/h6,11H,4-5,7-8,14H2,1-3H3,(H2,15,17,18). The molecule has 0 aromatic carbocycles. The molecule has 0 saturated carbocycles. The molecule has 1 heterocycles. The molecule has 0 spiro atoms. The Morgan fingerprint density at radius 1 is 1.47 bits per heavy atom. The van der Waals surface area contributed by atoms with Crippen molar-refractivity contribution >= 4 is 10.0 Å². The van der Waals surface area contributed by atoms with Crippen LogP contribution in [0.15, 0.2) is 6.07 Å². The van der Waals surface area contributed by atoms with E-state index in [-0.39, 0.29) is 17.2 Å². The fourth-order valence-electron chi connectivity index (χ4n) is 3.03. The molecule has 0 fully saturated rings. The first-order chi connectivity index (χ1) is 8.59. The van der Waals surface area contributed by atoms with E-state index >= 15 is 0 Å². The summed E-state index contributed by atoms with van der Waals surface area (Å²) in [7, 11) is -3.44. The molecule has 1 aromatic rings. The molecule has 19 heavy (non-hydrogen) atoms. The topological polar surface area (TPSA) is 91.1 Å². The van der Waals surface area contributed by atoms with Crippen LogP contribution in [0, 0.1) is 12.3 Å². The van der Waals surface area contributed by atoms with Gasteiger partial charge in [0.05, 0.1) is 5.75 Å². The monoisotopic (exact) mass is 285 g/mol. The van der Waals surface area contributed by atoms with Gasteiger partial charge in [-0.1, -0.05) is 13.8 Å². The summed E-state index contributed by atoms with van der Waals surface area (Å²) >= 11 is 0. The van der Waals surface area contributed by atoms with Gasteiger partial charge in [0.25, 0.3) is 0 Å². The van der Waals surface area contributed by atoms with Gasteiger partial charge in [-0.3, -0.25) is 0 Å². The van der Waals surface area contributed by atoms with Gasteiger partial charge in [0.1, 0.15) is 0 Å². The zero-order chi connectivity index (χ0) is 14.4. The molecule has 1 aliphatic carbocycles. The highest BCUT2D eigenvalue weighted by Crippen LogP contribution is 2.40. The van der Waals surface area contributed by atoms with Crippen LogP contribution in [0.1, 0.15) is 43.3 Å². The molecule has 1 aromatic heterocycles. The second-order valence-corrected chi connectivity index (χ2v) is 8.09. The highest BCUT2D eigenvalue weighted by molar-refractivity contribution is 7.89. The molecule has 0 bridgehead atoms. The molecule has 0 amide bonds. The van der Waals surface area contributed by atoms with Crippen molar-refractivity contribution in [2.24, 2.45) is 16.3 Å². The van der Waals surface area contributed by atoms with Crippen LogP contribution in [0.4, 0.5) is 0 Å². The summed E-state index contributed by atoms with van der Waals surface area (Å²) in [5.74, 6) is -0.0371. The molecular weight excluding hydrogens is 262 g/mol. The van der Waals surface area contributed by atoms with Crippen LogP contribution in [-0.4, -0.2) is 18.7 Å². The predicted molar refractivity (Wildman–Crippen MR) is 76.2 cm³/mol. The van der Waals surface area contributed by atoms with Gasteiger partial charge in [-0.15, -0.1) is 0 Å². The van der Waals surface area contributed by atoms with Crippen LogP contribution < -0.4 is 10.9 Å². The van der Waals surface area contributed by atoms with Crippen molar-refractivity contribution in [3.63, 3.8) is 0 Å². The van der Waals surface area contributed by atoms with E-state index in [0.717, 1.165) is 24.1 Å². The second kappa shape index (κ2) is 4.61. The van der Waals surface area contributed by atoms with Crippen molar-refractivity contribution < 1.29 is 8.42 Å². The number of aryl methyl sites for hydroxylation is 1. The minimum atomic E-state index is -3.44. The molecule has 0 radical (unpaired) electrons. The van der Waals surface area contributed by atoms with Gasteiger partial charge in [-0.05, 0) is 36.8 Å². The number of hydrogen-bond acceptors (Lipinski definition) is 3. The number of sulfonamides is 1. The smallest absolute Gasteiger partial charge is 0.210 e. The molecule has 108 valence electrons. The van der Waals surface area contributed by atoms with Crippen molar-refractivity contribution in [2.75, 3.05) is 5.75 Å². The van der Waals surface area contributed by atoms with Gasteiger partial charge >= 0.3 is 0 Å². The van der Waals surface area contributed by atoms with Crippen LogP contribution in [0.3, 0.4) is 0 Å². The Morgan fingerprint density at radius 2 is 2.11 bits per heavy atom. The van der Waals surface area contributed by atoms with Gasteiger partial charge in [0.15, 0.2) is 0 Å². The van der Waals surface area contributed by atoms with Crippen LogP contribution in [0.5, 0.6) is 0 Å². The summed E-state index contributed by atoms with van der Waals surface area (Å²) in [5, 5.41) is 5.09. The number of primary sulfonamides is 1. The van der Waals surface area contributed by atoms with E-state index in [1.54, 1.807) is 0 Å². The minimum absolute atomic E-state index is 0.0354. The zero-order valence-corrected chi connectivity index (χ0v) is 12.6. The summed E-state index contributed by atoms with van der Waals surface area (Å²) in [4.78, 5) is 0. The first-order valence-electron chi connectivity index (χ1n) is 6.54.